The summed E-state index contributed by atoms with van der Waals surface area (Å²) in [6.45, 7) is 10.3. The van der Waals surface area contributed by atoms with Crippen LogP contribution in [0.15, 0.2) is 121 Å². The molecule has 0 aliphatic carbocycles. The summed E-state index contributed by atoms with van der Waals surface area (Å²) in [6.07, 6.45) is 16.5. The van der Waals surface area contributed by atoms with E-state index in [0.29, 0.717) is 38.8 Å². The van der Waals surface area contributed by atoms with Crippen LogP contribution in [0.1, 0.15) is 65.9 Å². The number of nitrogens with zero attached hydrogens (tertiary/aromatic N) is 2. The Morgan fingerprint density at radius 3 is 1.78 bits per heavy atom. The number of hydrogen-bond acceptors (Lipinski definition) is 6. The summed E-state index contributed by atoms with van der Waals surface area (Å²) in [5.74, 6) is -0.495. The van der Waals surface area contributed by atoms with Crippen molar-refractivity contribution in [3.63, 3.8) is 0 Å². The van der Waals surface area contributed by atoms with Gasteiger partial charge in [0.15, 0.2) is 0 Å². The molecule has 4 aromatic rings. The Morgan fingerprint density at radius 1 is 0.648 bits per heavy atom. The molecule has 1 atom stereocenters. The van der Waals surface area contributed by atoms with Crippen LogP contribution in [0.4, 0.5) is 11.4 Å². The Labute approximate surface area is 344 Å². The summed E-state index contributed by atoms with van der Waals surface area (Å²) < 4.78 is 64.1. The van der Waals surface area contributed by atoms with Crippen molar-refractivity contribution in [1.82, 2.24) is 0 Å². The molecule has 8 nitrogen and oxygen atoms in total. The predicted octanol–water partition coefficient (Wildman–Crippen LogP) is 6.26. The van der Waals surface area contributed by atoms with Crippen molar-refractivity contribution in [3.05, 3.63) is 132 Å². The SMILES string of the molecule is CC1(C)C(=CC=CC=CC=CC2N(CCCCS(=O)(=O)O)c3ccc4ccccc4c3C2(C)C)N(CCCCS(=O)(=O)O)c2ccc3ccccc3c21.[H-].[Na+]. The predicted molar refractivity (Wildman–Crippen MR) is 220 cm³/mol. The van der Waals surface area contributed by atoms with Gasteiger partial charge in [0, 0.05) is 41.0 Å². The molecule has 4 aromatic carbocycles. The molecule has 0 fully saturated rings. The number of unbranched alkanes of at least 4 members (excludes halogenated alkanes) is 2. The molecule has 2 aliphatic rings. The van der Waals surface area contributed by atoms with Gasteiger partial charge in [-0.1, -0.05) is 125 Å². The second kappa shape index (κ2) is 16.9. The molecule has 6 rings (SSSR count). The van der Waals surface area contributed by atoms with Crippen LogP contribution in [-0.2, 0) is 31.1 Å². The number of allylic oxidation sites excluding steroid dienone is 7. The Bertz CT molecular complexity index is 2350. The van der Waals surface area contributed by atoms with E-state index in [9.17, 15) is 25.9 Å². The molecule has 2 aliphatic heterocycles. The number of hydrogen-bond donors (Lipinski definition) is 2. The van der Waals surface area contributed by atoms with Gasteiger partial charge in [-0.25, -0.2) is 0 Å². The molecule has 0 amide bonds. The van der Waals surface area contributed by atoms with E-state index in [2.05, 4.69) is 122 Å². The van der Waals surface area contributed by atoms with Crippen molar-refractivity contribution in [2.45, 2.75) is 70.3 Å². The van der Waals surface area contributed by atoms with Gasteiger partial charge in [-0.2, -0.15) is 16.8 Å². The molecule has 1 unspecified atom stereocenters. The van der Waals surface area contributed by atoms with E-state index in [0.717, 1.165) is 17.1 Å². The fourth-order valence-corrected chi connectivity index (χ4v) is 9.51. The van der Waals surface area contributed by atoms with E-state index in [1.165, 1.54) is 32.7 Å². The summed E-state index contributed by atoms with van der Waals surface area (Å²) in [5.41, 5.74) is 5.41. The van der Waals surface area contributed by atoms with Gasteiger partial charge in [0.25, 0.3) is 20.2 Å². The van der Waals surface area contributed by atoms with Crippen molar-refractivity contribution in [3.8, 4) is 0 Å². The third-order valence-corrected chi connectivity index (χ3v) is 12.4. The largest absolute Gasteiger partial charge is 1.00 e. The van der Waals surface area contributed by atoms with E-state index in [1.54, 1.807) is 0 Å². The van der Waals surface area contributed by atoms with Crippen LogP contribution in [-0.4, -0.2) is 56.6 Å². The summed E-state index contributed by atoms with van der Waals surface area (Å²) in [7, 11) is -8.01. The average molecular weight is 779 g/mol. The van der Waals surface area contributed by atoms with Gasteiger partial charge in [0.05, 0.1) is 17.5 Å². The van der Waals surface area contributed by atoms with Gasteiger partial charge in [0.2, 0.25) is 0 Å². The molecule has 2 N–H and O–H groups in total. The normalized spacial score (nSPS) is 18.8. The van der Waals surface area contributed by atoms with E-state index >= 15 is 0 Å². The Morgan fingerprint density at radius 2 is 1.17 bits per heavy atom. The first-order valence-corrected chi connectivity index (χ1v) is 21.5. The zero-order chi connectivity index (χ0) is 38.0. The van der Waals surface area contributed by atoms with Crippen LogP contribution in [0, 0.1) is 0 Å². The summed E-state index contributed by atoms with van der Waals surface area (Å²) in [6, 6.07) is 25.5. The van der Waals surface area contributed by atoms with Gasteiger partial charge in [-0.3, -0.25) is 9.11 Å². The number of fused-ring (bicyclic) bond motifs is 6. The molecule has 0 aromatic heterocycles. The fraction of sp³-hybridized carbons (Fsp3) is 0.349. The summed E-state index contributed by atoms with van der Waals surface area (Å²) >= 11 is 0. The molecule has 0 saturated heterocycles. The van der Waals surface area contributed by atoms with Crippen molar-refractivity contribution in [1.29, 1.82) is 0 Å². The molecule has 282 valence electrons. The Balaban J connectivity index is 0.00000336. The minimum atomic E-state index is -4.01. The molecule has 11 heteroatoms. The van der Waals surface area contributed by atoms with E-state index < -0.39 is 20.2 Å². The summed E-state index contributed by atoms with van der Waals surface area (Å²) in [5, 5.41) is 4.79. The third-order valence-electron chi connectivity index (χ3n) is 10.8. The fourth-order valence-electron chi connectivity index (χ4n) is 8.37. The number of rotatable bonds is 14. The van der Waals surface area contributed by atoms with E-state index in [-0.39, 0.29) is 59.4 Å². The molecule has 0 bridgehead atoms. The van der Waals surface area contributed by atoms with Crippen LogP contribution in [0.3, 0.4) is 0 Å². The molecule has 0 spiro atoms. The van der Waals surface area contributed by atoms with Crippen molar-refractivity contribution in [2.75, 3.05) is 34.4 Å². The van der Waals surface area contributed by atoms with Crippen molar-refractivity contribution >= 4 is 53.2 Å². The van der Waals surface area contributed by atoms with Crippen LogP contribution in [0.5, 0.6) is 0 Å². The van der Waals surface area contributed by atoms with Gasteiger partial charge in [-0.15, -0.1) is 0 Å². The molecule has 0 saturated carbocycles. The first-order chi connectivity index (χ1) is 25.1. The average Bonchev–Trinajstić information content (AvgIpc) is 3.45. The maximum Gasteiger partial charge on any atom is 1.00 e. The standard InChI is InChI=1S/C43H50N2O6S2.Na.H/c1-42(2)38(44(28-14-16-30-52(46,47)48)36-26-24-32-18-10-12-20-34(32)40(36)42)22-8-6-5-7-9-23-39-43(3,4)41-35-21-13-11-19-33(35)25-27-37(41)45(39)29-15-17-31-53(49,50)51;;/h5-13,18-27,38H,14-17,28-31H2,1-4H3,(H,46,47,48)(H,49,50,51);;/q;+1;-1. The smallest absolute Gasteiger partial charge is 1.00 e. The quantitative estimate of drug-likeness (QED) is 0.0668. The van der Waals surface area contributed by atoms with Gasteiger partial charge < -0.3 is 11.2 Å². The van der Waals surface area contributed by atoms with Crippen LogP contribution >= 0.6 is 0 Å². The maximum absolute atomic E-state index is 11.4. The summed E-state index contributed by atoms with van der Waals surface area (Å²) in [4.78, 5) is 4.65. The second-order valence-corrected chi connectivity index (χ2v) is 18.3. The minimum Gasteiger partial charge on any atom is -1.00 e. The van der Waals surface area contributed by atoms with Crippen LogP contribution < -0.4 is 39.4 Å². The number of benzene rings is 4. The number of anilines is 2. The van der Waals surface area contributed by atoms with Gasteiger partial charge in [0.1, 0.15) is 0 Å². The third kappa shape index (κ3) is 9.07. The van der Waals surface area contributed by atoms with Gasteiger partial charge >= 0.3 is 29.6 Å². The first-order valence-electron chi connectivity index (χ1n) is 18.3. The van der Waals surface area contributed by atoms with E-state index in [1.807, 2.05) is 30.4 Å². The van der Waals surface area contributed by atoms with Gasteiger partial charge in [-0.05, 0) is 76.6 Å². The molecule has 0 radical (unpaired) electrons. The Kier molecular flexibility index (Phi) is 13.1. The zero-order valence-electron chi connectivity index (χ0n) is 32.9. The maximum atomic E-state index is 11.4. The van der Waals surface area contributed by atoms with Crippen LogP contribution in [0.2, 0.25) is 0 Å². The topological polar surface area (TPSA) is 115 Å². The molecular weight excluding hydrogens is 728 g/mol. The van der Waals surface area contributed by atoms with Crippen molar-refractivity contribution in [2.24, 2.45) is 0 Å². The Hall–Kier alpha value is -3.22. The van der Waals surface area contributed by atoms with Crippen molar-refractivity contribution < 1.29 is 56.9 Å². The van der Waals surface area contributed by atoms with E-state index in [4.69, 9.17) is 0 Å². The second-order valence-electron chi connectivity index (χ2n) is 15.2. The zero-order valence-corrected chi connectivity index (χ0v) is 35.6. The molecule has 54 heavy (non-hydrogen) atoms. The monoisotopic (exact) mass is 778 g/mol. The van der Waals surface area contributed by atoms with Crippen LogP contribution in [0.25, 0.3) is 21.5 Å². The molecule has 2 heterocycles. The first kappa shape index (κ1) is 41.9. The molecular formula is C43H51N2NaO6S2. The minimum absolute atomic E-state index is 0.